The molecule has 0 unspecified atom stereocenters. The lowest BCUT2D eigenvalue weighted by Gasteiger charge is -2.08. The minimum Gasteiger partial charge on any atom is -0.368 e. The van der Waals surface area contributed by atoms with Crippen molar-refractivity contribution in [3.8, 4) is 0 Å². The maximum atomic E-state index is 11.1. The lowest BCUT2D eigenvalue weighted by Crippen LogP contribution is -2.40. The van der Waals surface area contributed by atoms with Gasteiger partial charge in [-0.1, -0.05) is 13.2 Å². The van der Waals surface area contributed by atoms with Gasteiger partial charge in [-0.15, -0.1) is 0 Å². The van der Waals surface area contributed by atoms with E-state index in [0.29, 0.717) is 10.8 Å². The maximum absolute atomic E-state index is 11.1. The fourth-order valence-electron chi connectivity index (χ4n) is 0.686. The summed E-state index contributed by atoms with van der Waals surface area (Å²) in [6, 6.07) is 0. The van der Waals surface area contributed by atoms with Gasteiger partial charge in [-0.05, 0) is 0 Å². The smallest absolute Gasteiger partial charge is 0.252 e. The molecule has 0 heterocycles. The van der Waals surface area contributed by atoms with Crippen LogP contribution in [0.15, 0.2) is 24.0 Å². The molecule has 0 aromatic rings. The van der Waals surface area contributed by atoms with Crippen molar-refractivity contribution >= 4 is 25.6 Å². The van der Waals surface area contributed by atoms with Crippen LogP contribution in [0.2, 0.25) is 0 Å². The molecule has 0 aromatic heterocycles. The van der Waals surface area contributed by atoms with Gasteiger partial charge in [-0.25, -0.2) is 16.8 Å². The van der Waals surface area contributed by atoms with Crippen LogP contribution < -0.4 is 5.73 Å². The Morgan fingerprint density at radius 2 is 1.36 bits per heavy atom. The number of carbonyl (C=O) groups excluding carboxylic acids is 1. The SMILES string of the molecule is C=CS(=O)(=O)C(C(N)=O)S(=O)(=O)C=C. The molecule has 0 radical (unpaired) electrons. The summed E-state index contributed by atoms with van der Waals surface area (Å²) in [7, 11) is -8.60. The molecule has 0 saturated heterocycles. The first-order valence-electron chi connectivity index (χ1n) is 3.21. The van der Waals surface area contributed by atoms with Gasteiger partial charge in [0.2, 0.25) is 4.58 Å². The number of hydrogen-bond acceptors (Lipinski definition) is 5. The van der Waals surface area contributed by atoms with Gasteiger partial charge < -0.3 is 5.73 Å². The second-order valence-corrected chi connectivity index (χ2v) is 6.51. The summed E-state index contributed by atoms with van der Waals surface area (Å²) >= 11 is 0. The highest BCUT2D eigenvalue weighted by Crippen LogP contribution is 2.12. The van der Waals surface area contributed by atoms with Crippen LogP contribution in [0, 0.1) is 0 Å². The molecule has 0 atom stereocenters. The first-order chi connectivity index (χ1) is 6.19. The van der Waals surface area contributed by atoms with E-state index in [1.165, 1.54) is 0 Å². The zero-order chi connectivity index (χ0) is 11.6. The second kappa shape index (κ2) is 3.93. The summed E-state index contributed by atoms with van der Waals surface area (Å²) in [5.74, 6) is -1.48. The Kier molecular flexibility index (Phi) is 3.60. The Bertz CT molecular complexity index is 420. The van der Waals surface area contributed by atoms with Gasteiger partial charge in [0.1, 0.15) is 0 Å². The predicted molar refractivity (Wildman–Crippen MR) is 51.2 cm³/mol. The van der Waals surface area contributed by atoms with E-state index in [1.807, 2.05) is 0 Å². The third kappa shape index (κ3) is 2.42. The van der Waals surface area contributed by atoms with Crippen LogP contribution >= 0.6 is 0 Å². The fourth-order valence-corrected chi connectivity index (χ4v) is 3.65. The highest BCUT2D eigenvalue weighted by atomic mass is 32.3. The first kappa shape index (κ1) is 12.8. The maximum Gasteiger partial charge on any atom is 0.252 e. The van der Waals surface area contributed by atoms with Crippen LogP contribution in [0.5, 0.6) is 0 Å². The van der Waals surface area contributed by atoms with Crippen molar-refractivity contribution in [3.63, 3.8) is 0 Å². The van der Waals surface area contributed by atoms with Crippen molar-refractivity contribution in [2.24, 2.45) is 5.73 Å². The Hall–Kier alpha value is -1.15. The molecule has 0 aliphatic rings. The number of amides is 1. The monoisotopic (exact) mass is 239 g/mol. The Balaban J connectivity index is 5.78. The molecule has 0 fully saturated rings. The third-order valence-corrected chi connectivity index (χ3v) is 5.49. The van der Waals surface area contributed by atoms with E-state index >= 15 is 0 Å². The average Bonchev–Trinajstić information content (AvgIpc) is 2.02. The summed E-state index contributed by atoms with van der Waals surface area (Å²) in [5, 5.41) is 0.729. The molecular formula is C6H9NO5S2. The van der Waals surface area contributed by atoms with Gasteiger partial charge in [-0.3, -0.25) is 4.79 Å². The minimum atomic E-state index is -4.30. The van der Waals surface area contributed by atoms with Gasteiger partial charge in [0.15, 0.2) is 19.7 Å². The molecular weight excluding hydrogens is 230 g/mol. The van der Waals surface area contributed by atoms with E-state index in [0.717, 1.165) is 0 Å². The normalized spacial score (nSPS) is 12.4. The highest BCUT2D eigenvalue weighted by molar-refractivity contribution is 8.12. The van der Waals surface area contributed by atoms with Gasteiger partial charge in [0, 0.05) is 10.8 Å². The quantitative estimate of drug-likeness (QED) is 0.655. The van der Waals surface area contributed by atoms with Crippen molar-refractivity contribution in [1.29, 1.82) is 0 Å². The van der Waals surface area contributed by atoms with Crippen LogP contribution in [-0.2, 0) is 24.5 Å². The van der Waals surface area contributed by atoms with Gasteiger partial charge in [0.25, 0.3) is 5.91 Å². The Labute approximate surface area is 81.9 Å². The molecule has 0 rings (SSSR count). The molecule has 80 valence electrons. The molecule has 1 amide bonds. The summed E-state index contributed by atoms with van der Waals surface area (Å²) in [5.41, 5.74) is 4.67. The van der Waals surface area contributed by atoms with Crippen molar-refractivity contribution in [1.82, 2.24) is 0 Å². The number of nitrogens with two attached hydrogens (primary N) is 1. The lowest BCUT2D eigenvalue weighted by molar-refractivity contribution is -0.116. The molecule has 0 bridgehead atoms. The summed E-state index contributed by atoms with van der Waals surface area (Å²) in [6.45, 7) is 5.78. The molecule has 0 aliphatic carbocycles. The van der Waals surface area contributed by atoms with E-state index in [9.17, 15) is 21.6 Å². The Morgan fingerprint density at radius 1 is 1.07 bits per heavy atom. The van der Waals surface area contributed by atoms with E-state index in [-0.39, 0.29) is 0 Å². The highest BCUT2D eigenvalue weighted by Gasteiger charge is 2.39. The minimum absolute atomic E-state index is 0.365. The zero-order valence-corrected chi connectivity index (χ0v) is 8.71. The predicted octanol–water partition coefficient (Wildman–Crippen LogP) is -1.09. The summed E-state index contributed by atoms with van der Waals surface area (Å²) < 4.78 is 42.1. The van der Waals surface area contributed by atoms with E-state index in [4.69, 9.17) is 0 Å². The fraction of sp³-hybridized carbons (Fsp3) is 0.167. The lowest BCUT2D eigenvalue weighted by atomic mass is 10.7. The van der Waals surface area contributed by atoms with Crippen LogP contribution in [-0.4, -0.2) is 27.3 Å². The third-order valence-electron chi connectivity index (χ3n) is 1.29. The van der Waals surface area contributed by atoms with Crippen LogP contribution in [0.3, 0.4) is 0 Å². The van der Waals surface area contributed by atoms with Crippen molar-refractivity contribution in [2.75, 3.05) is 0 Å². The first-order valence-corrected chi connectivity index (χ1v) is 6.43. The van der Waals surface area contributed by atoms with Crippen LogP contribution in [0.4, 0.5) is 0 Å². The van der Waals surface area contributed by atoms with E-state index < -0.39 is 30.2 Å². The van der Waals surface area contributed by atoms with Gasteiger partial charge >= 0.3 is 0 Å². The topological polar surface area (TPSA) is 111 Å². The Morgan fingerprint density at radius 3 is 1.50 bits per heavy atom. The van der Waals surface area contributed by atoms with Crippen molar-refractivity contribution in [2.45, 2.75) is 4.58 Å². The van der Waals surface area contributed by atoms with Gasteiger partial charge in [-0.2, -0.15) is 0 Å². The van der Waals surface area contributed by atoms with Crippen LogP contribution in [0.1, 0.15) is 0 Å². The molecule has 6 nitrogen and oxygen atoms in total. The van der Waals surface area contributed by atoms with Crippen molar-refractivity contribution < 1.29 is 21.6 Å². The number of primary amides is 1. The molecule has 0 saturated carbocycles. The molecule has 14 heavy (non-hydrogen) atoms. The number of carbonyl (C=O) groups is 1. The van der Waals surface area contributed by atoms with E-state index in [2.05, 4.69) is 18.9 Å². The molecule has 0 aromatic carbocycles. The van der Waals surface area contributed by atoms with Gasteiger partial charge in [0.05, 0.1) is 0 Å². The standard InChI is InChI=1S/C6H9NO5S2/c1-3-13(9,10)6(5(7)8)14(11,12)4-2/h3-4,6H,1-2H2,(H2,7,8). The number of rotatable bonds is 5. The van der Waals surface area contributed by atoms with Crippen LogP contribution in [0.25, 0.3) is 0 Å². The summed E-state index contributed by atoms with van der Waals surface area (Å²) in [4.78, 5) is 10.7. The molecule has 8 heteroatoms. The van der Waals surface area contributed by atoms with Crippen molar-refractivity contribution in [3.05, 3.63) is 24.0 Å². The number of sulfone groups is 2. The second-order valence-electron chi connectivity index (χ2n) is 2.25. The number of hydrogen-bond donors (Lipinski definition) is 1. The largest absolute Gasteiger partial charge is 0.368 e. The zero-order valence-electron chi connectivity index (χ0n) is 7.08. The van der Waals surface area contributed by atoms with E-state index in [1.54, 1.807) is 0 Å². The molecule has 0 spiro atoms. The molecule has 2 N–H and O–H groups in total. The average molecular weight is 239 g/mol. The molecule has 0 aliphatic heterocycles. The summed E-state index contributed by atoms with van der Waals surface area (Å²) in [6.07, 6.45) is 0.